The number of hydrogen-bond acceptors (Lipinski definition) is 3. The number of nitrogens with two attached hydrogens (primary N) is 1. The third kappa shape index (κ3) is 3.24. The molecule has 2 N–H and O–H groups in total. The van der Waals surface area contributed by atoms with Crippen LogP contribution in [-0.2, 0) is 0 Å². The quantitative estimate of drug-likeness (QED) is 0.904. The molecule has 0 saturated carbocycles. The molecule has 2 aromatic rings. The van der Waals surface area contributed by atoms with Gasteiger partial charge in [0.2, 0.25) is 0 Å². The van der Waals surface area contributed by atoms with E-state index in [2.05, 4.69) is 13.0 Å². The highest BCUT2D eigenvalue weighted by molar-refractivity contribution is 5.50. The Bertz CT molecular complexity index is 663. The molecule has 108 valence electrons. The van der Waals surface area contributed by atoms with E-state index in [0.717, 1.165) is 34.6 Å². The molecule has 0 aliphatic heterocycles. The van der Waals surface area contributed by atoms with Gasteiger partial charge in [-0.15, -0.1) is 0 Å². The maximum Gasteiger partial charge on any atom is 0.133 e. The number of nitriles is 1. The molecule has 0 aliphatic carbocycles. The highest BCUT2D eigenvalue weighted by Gasteiger charge is 2.13. The molecule has 21 heavy (non-hydrogen) atoms. The molecular formula is C18H20N2O. The van der Waals surface area contributed by atoms with Crippen LogP contribution >= 0.6 is 0 Å². The maximum atomic E-state index is 9.01. The Labute approximate surface area is 126 Å². The minimum Gasteiger partial charge on any atom is -0.456 e. The molecule has 0 unspecified atom stereocenters. The van der Waals surface area contributed by atoms with E-state index >= 15 is 0 Å². The van der Waals surface area contributed by atoms with Crippen molar-refractivity contribution < 1.29 is 4.74 Å². The Morgan fingerprint density at radius 3 is 2.38 bits per heavy atom. The lowest BCUT2D eigenvalue weighted by molar-refractivity contribution is 0.462. The second-order valence-electron chi connectivity index (χ2n) is 5.21. The van der Waals surface area contributed by atoms with Crippen LogP contribution < -0.4 is 10.5 Å². The molecule has 3 nitrogen and oxygen atoms in total. The monoisotopic (exact) mass is 280 g/mol. The molecule has 0 radical (unpaired) electrons. The van der Waals surface area contributed by atoms with Crippen molar-refractivity contribution in [3.05, 3.63) is 58.7 Å². The fraction of sp³-hybridized carbons (Fsp3) is 0.278. The van der Waals surface area contributed by atoms with Crippen molar-refractivity contribution in [3.8, 4) is 17.6 Å². The van der Waals surface area contributed by atoms with Gasteiger partial charge < -0.3 is 10.5 Å². The van der Waals surface area contributed by atoms with Crippen LogP contribution in [0.25, 0.3) is 0 Å². The van der Waals surface area contributed by atoms with Crippen molar-refractivity contribution in [3.63, 3.8) is 0 Å². The second-order valence-corrected chi connectivity index (χ2v) is 5.21. The Morgan fingerprint density at radius 2 is 1.81 bits per heavy atom. The molecular weight excluding hydrogens is 260 g/mol. The first-order valence-corrected chi connectivity index (χ1v) is 7.10. The average molecular weight is 280 g/mol. The third-order valence-electron chi connectivity index (χ3n) is 3.56. The van der Waals surface area contributed by atoms with Crippen molar-refractivity contribution in [2.45, 2.75) is 33.2 Å². The normalized spacial score (nSPS) is 11.8. The van der Waals surface area contributed by atoms with E-state index in [1.54, 1.807) is 0 Å². The minimum atomic E-state index is -0.0415. The molecule has 0 spiro atoms. The van der Waals surface area contributed by atoms with Gasteiger partial charge in [0.1, 0.15) is 11.5 Å². The number of para-hydroxylation sites is 1. The average Bonchev–Trinajstić information content (AvgIpc) is 2.50. The number of hydrogen-bond donors (Lipinski definition) is 1. The van der Waals surface area contributed by atoms with Crippen LogP contribution in [0.15, 0.2) is 36.4 Å². The van der Waals surface area contributed by atoms with Gasteiger partial charge in [-0.05, 0) is 49.6 Å². The van der Waals surface area contributed by atoms with Crippen LogP contribution in [0.1, 0.15) is 41.6 Å². The van der Waals surface area contributed by atoms with Gasteiger partial charge in [-0.2, -0.15) is 5.26 Å². The molecule has 0 aromatic heterocycles. The fourth-order valence-corrected chi connectivity index (χ4v) is 2.39. The lowest BCUT2D eigenvalue weighted by atomic mass is 10.0. The molecule has 0 fully saturated rings. The van der Waals surface area contributed by atoms with E-state index in [9.17, 15) is 0 Å². The predicted molar refractivity (Wildman–Crippen MR) is 84.4 cm³/mol. The first-order valence-electron chi connectivity index (χ1n) is 7.10. The summed E-state index contributed by atoms with van der Waals surface area (Å²) in [6.45, 7) is 5.96. The summed E-state index contributed by atoms with van der Waals surface area (Å²) in [5.74, 6) is 1.58. The Kier molecular flexibility index (Phi) is 4.62. The van der Waals surface area contributed by atoms with Crippen molar-refractivity contribution in [1.29, 1.82) is 5.26 Å². The van der Waals surface area contributed by atoms with Crippen LogP contribution in [-0.4, -0.2) is 0 Å². The van der Waals surface area contributed by atoms with E-state index < -0.39 is 0 Å². The summed E-state index contributed by atoms with van der Waals surface area (Å²) in [5.41, 5.74) is 9.70. The summed E-state index contributed by atoms with van der Waals surface area (Å²) in [6.07, 6.45) is 0.853. The lowest BCUT2D eigenvalue weighted by Crippen LogP contribution is -2.10. The zero-order valence-corrected chi connectivity index (χ0v) is 12.7. The molecule has 0 saturated heterocycles. The van der Waals surface area contributed by atoms with Gasteiger partial charge in [-0.25, -0.2) is 0 Å². The van der Waals surface area contributed by atoms with E-state index in [0.29, 0.717) is 5.56 Å². The summed E-state index contributed by atoms with van der Waals surface area (Å²) in [6, 6.07) is 13.6. The summed E-state index contributed by atoms with van der Waals surface area (Å²) in [4.78, 5) is 0. The molecule has 2 aromatic carbocycles. The van der Waals surface area contributed by atoms with E-state index in [1.165, 1.54) is 0 Å². The van der Waals surface area contributed by atoms with Crippen molar-refractivity contribution in [1.82, 2.24) is 0 Å². The second kappa shape index (κ2) is 6.43. The molecule has 2 rings (SSSR count). The first-order chi connectivity index (χ1) is 10.1. The lowest BCUT2D eigenvalue weighted by Gasteiger charge is -2.18. The van der Waals surface area contributed by atoms with Gasteiger partial charge in [-0.3, -0.25) is 0 Å². The fourth-order valence-electron chi connectivity index (χ4n) is 2.39. The van der Waals surface area contributed by atoms with Gasteiger partial charge in [0, 0.05) is 11.6 Å². The molecule has 3 heteroatoms. The summed E-state index contributed by atoms with van der Waals surface area (Å²) in [5, 5.41) is 9.01. The molecule has 0 bridgehead atoms. The van der Waals surface area contributed by atoms with Gasteiger partial charge in [-0.1, -0.05) is 25.1 Å². The van der Waals surface area contributed by atoms with Crippen molar-refractivity contribution in [2.75, 3.05) is 0 Å². The van der Waals surface area contributed by atoms with Gasteiger partial charge in [0.15, 0.2) is 0 Å². The zero-order chi connectivity index (χ0) is 15.4. The number of ether oxygens (including phenoxy) is 1. The Morgan fingerprint density at radius 1 is 1.19 bits per heavy atom. The Hall–Kier alpha value is -2.31. The highest BCUT2D eigenvalue weighted by Crippen LogP contribution is 2.34. The molecule has 0 amide bonds. The number of benzene rings is 2. The van der Waals surface area contributed by atoms with Gasteiger partial charge in [0.25, 0.3) is 0 Å². The van der Waals surface area contributed by atoms with E-state index in [-0.39, 0.29) is 6.04 Å². The van der Waals surface area contributed by atoms with Crippen LogP contribution in [0.4, 0.5) is 0 Å². The standard InChI is InChI=1S/C18H20N2O/c1-4-16(20)15-7-5-6-8-17(15)21-18-12(2)9-14(11-19)10-13(18)3/h5-10,16H,4,20H2,1-3H3/t16-/m0/s1. The van der Waals surface area contributed by atoms with Gasteiger partial charge in [0.05, 0.1) is 11.6 Å². The van der Waals surface area contributed by atoms with Crippen LogP contribution in [0.2, 0.25) is 0 Å². The first kappa shape index (κ1) is 15.1. The molecule has 1 atom stereocenters. The highest BCUT2D eigenvalue weighted by atomic mass is 16.5. The topological polar surface area (TPSA) is 59.0 Å². The van der Waals surface area contributed by atoms with Crippen molar-refractivity contribution >= 4 is 0 Å². The Balaban J connectivity index is 2.42. The largest absolute Gasteiger partial charge is 0.456 e. The van der Waals surface area contributed by atoms with E-state index in [4.69, 9.17) is 15.7 Å². The zero-order valence-electron chi connectivity index (χ0n) is 12.7. The number of aryl methyl sites for hydroxylation is 2. The SMILES string of the molecule is CC[C@H](N)c1ccccc1Oc1c(C)cc(C#N)cc1C. The van der Waals surface area contributed by atoms with Gasteiger partial charge >= 0.3 is 0 Å². The maximum absolute atomic E-state index is 9.01. The smallest absolute Gasteiger partial charge is 0.133 e. The third-order valence-corrected chi connectivity index (χ3v) is 3.56. The molecule has 0 aliphatic rings. The minimum absolute atomic E-state index is 0.0415. The van der Waals surface area contributed by atoms with Crippen molar-refractivity contribution in [2.24, 2.45) is 5.73 Å². The summed E-state index contributed by atoms with van der Waals surface area (Å²) in [7, 11) is 0. The number of rotatable bonds is 4. The summed E-state index contributed by atoms with van der Waals surface area (Å²) < 4.78 is 6.10. The predicted octanol–water partition coefficient (Wildman–Crippen LogP) is 4.38. The van der Waals surface area contributed by atoms with Crippen LogP contribution in [0.5, 0.6) is 11.5 Å². The number of nitrogens with zero attached hydrogens (tertiary/aromatic N) is 1. The van der Waals surface area contributed by atoms with Crippen LogP contribution in [0, 0.1) is 25.2 Å². The van der Waals surface area contributed by atoms with E-state index in [1.807, 2.05) is 50.2 Å². The molecule has 0 heterocycles. The summed E-state index contributed by atoms with van der Waals surface area (Å²) >= 11 is 0. The van der Waals surface area contributed by atoms with Crippen LogP contribution in [0.3, 0.4) is 0 Å².